The fraction of sp³-hybridized carbons (Fsp3) is 0.538. The van der Waals surface area contributed by atoms with E-state index >= 15 is 0 Å². The quantitative estimate of drug-likeness (QED) is 0.592. The molecule has 4 nitrogen and oxygen atoms in total. The van der Waals surface area contributed by atoms with E-state index in [1.54, 1.807) is 28.4 Å². The van der Waals surface area contributed by atoms with Gasteiger partial charge in [0.15, 0.2) is 0 Å². The first kappa shape index (κ1) is 16.5. The monoisotopic (exact) mass is 302 g/mol. The van der Waals surface area contributed by atoms with E-state index in [1.807, 2.05) is 24.3 Å². The third-order valence-corrected chi connectivity index (χ3v) is 6.46. The first-order valence-corrected chi connectivity index (χ1v) is 8.53. The van der Waals surface area contributed by atoms with Crippen LogP contribution >= 0.6 is 12.6 Å². The molecule has 0 radical (unpaired) electrons. The number of hydrogen-bond acceptors (Lipinski definition) is 5. The molecule has 1 atom stereocenters. The Kier molecular flexibility index (Phi) is 6.88. The Morgan fingerprint density at radius 3 is 2.16 bits per heavy atom. The van der Waals surface area contributed by atoms with Gasteiger partial charge >= 0.3 is 8.80 Å². The van der Waals surface area contributed by atoms with Crippen LogP contribution in [-0.2, 0) is 13.3 Å². The van der Waals surface area contributed by atoms with E-state index in [4.69, 9.17) is 18.0 Å². The summed E-state index contributed by atoms with van der Waals surface area (Å²) >= 11 is 4.65. The van der Waals surface area contributed by atoms with Crippen LogP contribution in [0.2, 0.25) is 6.04 Å². The largest absolute Gasteiger partial charge is 0.500 e. The lowest BCUT2D eigenvalue weighted by molar-refractivity contribution is 0.123. The maximum atomic E-state index is 5.41. The van der Waals surface area contributed by atoms with Crippen molar-refractivity contribution in [1.82, 2.24) is 0 Å². The van der Waals surface area contributed by atoms with Gasteiger partial charge in [0.05, 0.1) is 7.11 Å². The van der Waals surface area contributed by atoms with Crippen molar-refractivity contribution in [2.24, 2.45) is 0 Å². The van der Waals surface area contributed by atoms with Crippen LogP contribution in [0.25, 0.3) is 0 Å². The average molecular weight is 302 g/mol. The van der Waals surface area contributed by atoms with Gasteiger partial charge < -0.3 is 18.0 Å². The highest BCUT2D eigenvalue weighted by atomic mass is 32.1. The van der Waals surface area contributed by atoms with Gasteiger partial charge in [0.1, 0.15) is 5.75 Å². The zero-order valence-electron chi connectivity index (χ0n) is 11.9. The maximum Gasteiger partial charge on any atom is 0.500 e. The molecular formula is C13H22O4SSi. The molecular weight excluding hydrogens is 280 g/mol. The first-order chi connectivity index (χ1) is 9.12. The summed E-state index contributed by atoms with van der Waals surface area (Å²) in [5.41, 5.74) is 1.07. The molecule has 1 unspecified atom stereocenters. The summed E-state index contributed by atoms with van der Waals surface area (Å²) in [5, 5.41) is 0.0588. The highest BCUT2D eigenvalue weighted by Crippen LogP contribution is 2.34. The molecule has 0 bridgehead atoms. The highest BCUT2D eigenvalue weighted by Gasteiger charge is 2.37. The molecule has 1 aromatic carbocycles. The summed E-state index contributed by atoms with van der Waals surface area (Å²) in [5.74, 6) is 0.849. The molecule has 0 aliphatic rings. The smallest absolute Gasteiger partial charge is 0.496 e. The molecule has 0 saturated carbocycles. The summed E-state index contributed by atoms with van der Waals surface area (Å²) in [6, 6.07) is 8.59. The van der Waals surface area contributed by atoms with Crippen molar-refractivity contribution in [2.75, 3.05) is 28.4 Å². The molecule has 1 rings (SSSR count). The predicted molar refractivity (Wildman–Crippen MR) is 80.9 cm³/mol. The Labute approximate surface area is 121 Å². The van der Waals surface area contributed by atoms with Crippen molar-refractivity contribution in [1.29, 1.82) is 0 Å². The molecule has 0 spiro atoms. The van der Waals surface area contributed by atoms with E-state index in [0.717, 1.165) is 17.7 Å². The molecule has 0 aliphatic carbocycles. The van der Waals surface area contributed by atoms with Gasteiger partial charge in [-0.1, -0.05) is 18.2 Å². The maximum absolute atomic E-state index is 5.41. The molecule has 1 aromatic rings. The number of para-hydroxylation sites is 1. The van der Waals surface area contributed by atoms with Crippen LogP contribution in [0.5, 0.6) is 5.75 Å². The van der Waals surface area contributed by atoms with Crippen LogP contribution in [0, 0.1) is 0 Å². The molecule has 0 aliphatic heterocycles. The average Bonchev–Trinajstić information content (AvgIpc) is 2.49. The number of hydrogen-bond donors (Lipinski definition) is 1. The minimum atomic E-state index is -2.53. The molecule has 0 amide bonds. The van der Waals surface area contributed by atoms with Crippen LogP contribution in [0.15, 0.2) is 24.3 Å². The van der Waals surface area contributed by atoms with Crippen molar-refractivity contribution >= 4 is 21.4 Å². The van der Waals surface area contributed by atoms with E-state index < -0.39 is 8.80 Å². The third kappa shape index (κ3) is 4.22. The van der Waals surface area contributed by atoms with Crippen molar-refractivity contribution in [2.45, 2.75) is 17.7 Å². The zero-order chi connectivity index (χ0) is 14.3. The minimum Gasteiger partial charge on any atom is -0.496 e. The Morgan fingerprint density at radius 2 is 1.63 bits per heavy atom. The molecule has 0 N–H and O–H groups in total. The Hall–Kier alpha value is -0.533. The number of rotatable bonds is 8. The summed E-state index contributed by atoms with van der Waals surface area (Å²) in [6.45, 7) is 0. The van der Waals surface area contributed by atoms with Crippen LogP contribution in [0.3, 0.4) is 0 Å². The Balaban J connectivity index is 2.72. The van der Waals surface area contributed by atoms with Gasteiger partial charge in [-0.3, -0.25) is 0 Å². The van der Waals surface area contributed by atoms with E-state index in [1.165, 1.54) is 0 Å². The van der Waals surface area contributed by atoms with Crippen LogP contribution in [0.4, 0.5) is 0 Å². The lowest BCUT2D eigenvalue weighted by Gasteiger charge is -2.25. The number of thiol groups is 1. The van der Waals surface area contributed by atoms with Gasteiger partial charge in [-0.05, 0) is 12.5 Å². The molecule has 19 heavy (non-hydrogen) atoms. The number of ether oxygens (including phenoxy) is 1. The molecule has 0 saturated heterocycles. The second kappa shape index (κ2) is 7.91. The molecule has 6 heteroatoms. The van der Waals surface area contributed by atoms with Gasteiger partial charge in [-0.15, -0.1) is 0 Å². The summed E-state index contributed by atoms with van der Waals surface area (Å²) in [6.07, 6.45) is 0.797. The highest BCUT2D eigenvalue weighted by molar-refractivity contribution is 7.80. The second-order valence-corrected chi connectivity index (χ2v) is 7.81. The van der Waals surface area contributed by atoms with Crippen molar-refractivity contribution in [3.63, 3.8) is 0 Å². The Morgan fingerprint density at radius 1 is 1.05 bits per heavy atom. The fourth-order valence-electron chi connectivity index (χ4n) is 1.97. The van der Waals surface area contributed by atoms with Gasteiger partial charge in [-0.2, -0.15) is 12.6 Å². The standard InChI is InChI=1S/C13H22O4SSi/c1-14-12-8-6-5-7-11(12)13(18)9-10-19(15-2,16-3)17-4/h5-8,13,18H,9-10H2,1-4H3. The fourth-order valence-corrected chi connectivity index (χ4v) is 4.31. The molecule has 0 fully saturated rings. The molecule has 108 valence electrons. The van der Waals surface area contributed by atoms with E-state index in [2.05, 4.69) is 12.6 Å². The van der Waals surface area contributed by atoms with Gasteiger partial charge in [0, 0.05) is 38.2 Å². The van der Waals surface area contributed by atoms with Crippen molar-refractivity contribution < 1.29 is 18.0 Å². The van der Waals surface area contributed by atoms with Crippen LogP contribution in [0.1, 0.15) is 17.2 Å². The van der Waals surface area contributed by atoms with Crippen molar-refractivity contribution in [3.8, 4) is 5.75 Å². The van der Waals surface area contributed by atoms with Crippen molar-refractivity contribution in [3.05, 3.63) is 29.8 Å². The topological polar surface area (TPSA) is 36.9 Å². The summed E-state index contributed by atoms with van der Waals surface area (Å²) < 4.78 is 21.6. The van der Waals surface area contributed by atoms with Crippen LogP contribution < -0.4 is 4.74 Å². The first-order valence-electron chi connectivity index (χ1n) is 6.09. The lowest BCUT2D eigenvalue weighted by Crippen LogP contribution is -2.42. The molecule has 0 aromatic heterocycles. The Bertz CT molecular complexity index is 376. The number of methoxy groups -OCH3 is 1. The number of benzene rings is 1. The normalized spacial score (nSPS) is 13.3. The van der Waals surface area contributed by atoms with Gasteiger partial charge in [0.25, 0.3) is 0 Å². The summed E-state index contributed by atoms with van der Waals surface area (Å²) in [4.78, 5) is 0. The zero-order valence-corrected chi connectivity index (χ0v) is 13.8. The lowest BCUT2D eigenvalue weighted by atomic mass is 10.1. The van der Waals surface area contributed by atoms with E-state index in [-0.39, 0.29) is 5.25 Å². The molecule has 0 heterocycles. The predicted octanol–water partition coefficient (Wildman–Crippen LogP) is 2.93. The SMILES string of the molecule is COc1ccccc1C(S)CC[Si](OC)(OC)OC. The van der Waals surface area contributed by atoms with Gasteiger partial charge in [0.2, 0.25) is 0 Å². The van der Waals surface area contributed by atoms with Crippen LogP contribution in [-0.4, -0.2) is 37.2 Å². The summed E-state index contributed by atoms with van der Waals surface area (Å²) in [7, 11) is 4.00. The van der Waals surface area contributed by atoms with E-state index in [0.29, 0.717) is 6.04 Å². The second-order valence-electron chi connectivity index (χ2n) is 4.09. The third-order valence-electron chi connectivity index (χ3n) is 3.15. The van der Waals surface area contributed by atoms with Gasteiger partial charge in [-0.25, -0.2) is 0 Å². The van der Waals surface area contributed by atoms with E-state index in [9.17, 15) is 0 Å². The minimum absolute atomic E-state index is 0.0588.